The first-order valence-electron chi connectivity index (χ1n) is 7.39. The molecule has 1 aliphatic rings. The fourth-order valence-corrected chi connectivity index (χ4v) is 2.31. The van der Waals surface area contributed by atoms with E-state index < -0.39 is 0 Å². The third-order valence-electron chi connectivity index (χ3n) is 3.50. The van der Waals surface area contributed by atoms with Gasteiger partial charge in [-0.05, 0) is 12.1 Å². The summed E-state index contributed by atoms with van der Waals surface area (Å²) in [5.41, 5.74) is 1.16. The van der Waals surface area contributed by atoms with E-state index in [1.807, 2.05) is 12.1 Å². The maximum atomic E-state index is 10.7. The molecule has 3 N–H and O–H groups in total. The van der Waals surface area contributed by atoms with Crippen molar-refractivity contribution in [1.82, 2.24) is 16.0 Å². The molecule has 0 spiro atoms. The van der Waals surface area contributed by atoms with Crippen LogP contribution in [0.5, 0.6) is 0 Å². The van der Waals surface area contributed by atoms with E-state index in [0.29, 0.717) is 0 Å². The molecule has 0 radical (unpaired) electrons. The molecule has 0 atom stereocenters. The summed E-state index contributed by atoms with van der Waals surface area (Å²) >= 11 is 0. The molecule has 0 amide bonds. The second-order valence-corrected chi connectivity index (χ2v) is 5.01. The number of hydrogen-bond donors (Lipinski definition) is 3. The number of nitro benzene ring substituents is 1. The van der Waals surface area contributed by atoms with E-state index in [4.69, 9.17) is 0 Å². The zero-order valence-corrected chi connectivity index (χ0v) is 12.2. The number of non-ortho nitro benzene ring substituents is 1. The Kier molecular flexibility index (Phi) is 6.39. The summed E-state index contributed by atoms with van der Waals surface area (Å²) < 4.78 is 0. The molecule has 2 rings (SSSR count). The number of benzene rings is 1. The average molecular weight is 293 g/mol. The minimum atomic E-state index is -0.365. The molecule has 7 nitrogen and oxygen atoms in total. The van der Waals surface area contributed by atoms with Crippen molar-refractivity contribution >= 4 is 11.4 Å². The highest BCUT2D eigenvalue weighted by Gasteiger charge is 2.09. The molecule has 7 heteroatoms. The topological polar surface area (TPSA) is 82.5 Å². The predicted octanol–water partition coefficient (Wildman–Crippen LogP) is 0.184. The molecule has 0 aliphatic carbocycles. The van der Waals surface area contributed by atoms with Crippen molar-refractivity contribution in [2.24, 2.45) is 0 Å². The van der Waals surface area contributed by atoms with Crippen LogP contribution in [0.1, 0.15) is 0 Å². The molecule has 0 saturated carbocycles. The lowest BCUT2D eigenvalue weighted by Crippen LogP contribution is -2.41. The Morgan fingerprint density at radius 3 is 1.81 bits per heavy atom. The molecule has 0 aromatic heterocycles. The maximum Gasteiger partial charge on any atom is 0.269 e. The van der Waals surface area contributed by atoms with Gasteiger partial charge in [-0.1, -0.05) is 0 Å². The van der Waals surface area contributed by atoms with Crippen molar-refractivity contribution in [2.45, 2.75) is 0 Å². The molecule has 21 heavy (non-hydrogen) atoms. The van der Waals surface area contributed by atoms with E-state index in [1.54, 1.807) is 12.1 Å². The van der Waals surface area contributed by atoms with Gasteiger partial charge in [0.15, 0.2) is 0 Å². The quantitative estimate of drug-likeness (QED) is 0.533. The van der Waals surface area contributed by atoms with Gasteiger partial charge >= 0.3 is 0 Å². The number of nitrogens with one attached hydrogen (secondary N) is 3. The second kappa shape index (κ2) is 8.56. The van der Waals surface area contributed by atoms with Gasteiger partial charge in [0.05, 0.1) is 4.92 Å². The van der Waals surface area contributed by atoms with Gasteiger partial charge in [-0.2, -0.15) is 0 Å². The largest absolute Gasteiger partial charge is 0.369 e. The third kappa shape index (κ3) is 5.30. The Morgan fingerprint density at radius 1 is 0.857 bits per heavy atom. The van der Waals surface area contributed by atoms with Gasteiger partial charge in [-0.15, -0.1) is 0 Å². The lowest BCUT2D eigenvalue weighted by molar-refractivity contribution is -0.384. The number of nitrogens with zero attached hydrogens (tertiary/aromatic N) is 2. The molecule has 1 aliphatic heterocycles. The summed E-state index contributed by atoms with van der Waals surface area (Å²) in [6.45, 7) is 7.43. The molecule has 1 fully saturated rings. The van der Waals surface area contributed by atoms with Gasteiger partial charge in [0, 0.05) is 70.2 Å². The van der Waals surface area contributed by atoms with Crippen molar-refractivity contribution in [3.63, 3.8) is 0 Å². The molecular formula is C14H23N5O2. The number of hydrogen-bond acceptors (Lipinski definition) is 6. The normalized spacial score (nSPS) is 18.6. The third-order valence-corrected chi connectivity index (χ3v) is 3.50. The van der Waals surface area contributed by atoms with E-state index in [9.17, 15) is 10.1 Å². The highest BCUT2D eigenvalue weighted by Crippen LogP contribution is 2.18. The average Bonchev–Trinajstić information content (AvgIpc) is 2.48. The molecule has 1 aromatic rings. The fraction of sp³-hybridized carbons (Fsp3) is 0.571. The van der Waals surface area contributed by atoms with Crippen molar-refractivity contribution in [1.29, 1.82) is 0 Å². The fourth-order valence-electron chi connectivity index (χ4n) is 2.31. The van der Waals surface area contributed by atoms with Crippen LogP contribution in [0.15, 0.2) is 24.3 Å². The minimum absolute atomic E-state index is 0.135. The lowest BCUT2D eigenvalue weighted by Gasteiger charge is -2.26. The Balaban J connectivity index is 1.97. The van der Waals surface area contributed by atoms with E-state index in [1.165, 1.54) is 0 Å². The first-order chi connectivity index (χ1) is 10.3. The summed E-state index contributed by atoms with van der Waals surface area (Å²) in [6, 6.07) is 6.78. The zero-order valence-electron chi connectivity index (χ0n) is 12.2. The van der Waals surface area contributed by atoms with Crippen LogP contribution in [-0.2, 0) is 0 Å². The number of rotatable bonds is 2. The molecule has 0 unspecified atom stereocenters. The van der Waals surface area contributed by atoms with Crippen LogP contribution < -0.4 is 20.9 Å². The smallest absolute Gasteiger partial charge is 0.269 e. The zero-order chi connectivity index (χ0) is 14.9. The summed E-state index contributed by atoms with van der Waals surface area (Å²) in [6.07, 6.45) is 0. The van der Waals surface area contributed by atoms with E-state index in [2.05, 4.69) is 20.9 Å². The Morgan fingerprint density at radius 2 is 1.33 bits per heavy atom. The van der Waals surface area contributed by atoms with Gasteiger partial charge < -0.3 is 20.9 Å². The van der Waals surface area contributed by atoms with Crippen LogP contribution in [0.25, 0.3) is 0 Å². The summed E-state index contributed by atoms with van der Waals surface area (Å²) in [7, 11) is 0. The molecule has 1 heterocycles. The van der Waals surface area contributed by atoms with Crippen LogP contribution >= 0.6 is 0 Å². The van der Waals surface area contributed by atoms with E-state index in [0.717, 1.165) is 58.0 Å². The van der Waals surface area contributed by atoms with Gasteiger partial charge in [-0.25, -0.2) is 0 Å². The second-order valence-electron chi connectivity index (χ2n) is 5.01. The standard InChI is InChI=1S/C14H23N5O2/c20-19(21)14-3-1-13(2-4-14)18-11-9-16-7-5-15-6-8-17-10-12-18/h1-4,15-17H,5-12H2. The SMILES string of the molecule is O=[N+]([O-])c1ccc(N2CCNCCNCCNCC2)cc1. The molecule has 1 saturated heterocycles. The lowest BCUT2D eigenvalue weighted by atomic mass is 10.2. The summed E-state index contributed by atoms with van der Waals surface area (Å²) in [5, 5.41) is 20.9. The molecule has 1 aromatic carbocycles. The molecular weight excluding hydrogens is 270 g/mol. The summed E-state index contributed by atoms with van der Waals surface area (Å²) in [5.74, 6) is 0. The first-order valence-corrected chi connectivity index (χ1v) is 7.39. The van der Waals surface area contributed by atoms with Crippen molar-refractivity contribution in [3.05, 3.63) is 34.4 Å². The Bertz CT molecular complexity index is 425. The highest BCUT2D eigenvalue weighted by molar-refractivity contribution is 5.50. The first kappa shape index (κ1) is 15.7. The minimum Gasteiger partial charge on any atom is -0.369 e. The van der Waals surface area contributed by atoms with Crippen molar-refractivity contribution in [2.75, 3.05) is 57.3 Å². The van der Waals surface area contributed by atoms with Gasteiger partial charge in [0.1, 0.15) is 0 Å². The van der Waals surface area contributed by atoms with E-state index >= 15 is 0 Å². The number of anilines is 1. The van der Waals surface area contributed by atoms with Crippen molar-refractivity contribution in [3.8, 4) is 0 Å². The predicted molar refractivity (Wildman–Crippen MR) is 83.9 cm³/mol. The monoisotopic (exact) mass is 293 g/mol. The summed E-state index contributed by atoms with van der Waals surface area (Å²) in [4.78, 5) is 12.6. The van der Waals surface area contributed by atoms with Crippen LogP contribution in [-0.4, -0.2) is 57.3 Å². The van der Waals surface area contributed by atoms with Gasteiger partial charge in [-0.3, -0.25) is 10.1 Å². The van der Waals surface area contributed by atoms with Crippen LogP contribution in [0.2, 0.25) is 0 Å². The Labute approximate surface area is 124 Å². The molecule has 116 valence electrons. The maximum absolute atomic E-state index is 10.7. The molecule has 0 bridgehead atoms. The van der Waals surface area contributed by atoms with Crippen molar-refractivity contribution < 1.29 is 4.92 Å². The Hall–Kier alpha value is -1.70. The van der Waals surface area contributed by atoms with Crippen LogP contribution in [0.4, 0.5) is 11.4 Å². The van der Waals surface area contributed by atoms with E-state index in [-0.39, 0.29) is 10.6 Å². The van der Waals surface area contributed by atoms with Crippen LogP contribution in [0.3, 0.4) is 0 Å². The van der Waals surface area contributed by atoms with Gasteiger partial charge in [0.2, 0.25) is 0 Å². The van der Waals surface area contributed by atoms with Gasteiger partial charge in [0.25, 0.3) is 5.69 Å². The number of nitro groups is 1. The highest BCUT2D eigenvalue weighted by atomic mass is 16.6. The van der Waals surface area contributed by atoms with Crippen LogP contribution in [0, 0.1) is 10.1 Å².